The second-order valence-electron chi connectivity index (χ2n) is 1.89. The summed E-state index contributed by atoms with van der Waals surface area (Å²) >= 11 is 8.00. The quantitative estimate of drug-likeness (QED) is 0.374. The van der Waals surface area contributed by atoms with E-state index in [0.29, 0.717) is 0 Å². The third kappa shape index (κ3) is 48.6. The Morgan fingerprint density at radius 1 is 1.38 bits per heavy atom. The van der Waals surface area contributed by atoms with Gasteiger partial charge in [-0.15, -0.1) is 0 Å². The van der Waals surface area contributed by atoms with E-state index in [0.717, 1.165) is 19.4 Å². The molecular weight excluding hydrogens is 260 g/mol. The number of hydrogen-bond acceptors (Lipinski definition) is 4. The Balaban J connectivity index is -0.000000173. The molecule has 0 saturated heterocycles. The van der Waals surface area contributed by atoms with E-state index in [1.54, 1.807) is 0 Å². The summed E-state index contributed by atoms with van der Waals surface area (Å²) < 4.78 is 0. The van der Waals surface area contributed by atoms with Gasteiger partial charge in [-0.05, 0) is 6.42 Å². The normalized spacial score (nSPS) is 7.15. The maximum absolute atomic E-state index is 10.0. The van der Waals surface area contributed by atoms with Crippen molar-refractivity contribution >= 4 is 34.8 Å². The molecule has 0 aliphatic carbocycles. The molecule has 0 heterocycles. The van der Waals surface area contributed by atoms with Gasteiger partial charge in [0, 0.05) is 16.9 Å². The van der Waals surface area contributed by atoms with E-state index >= 15 is 0 Å². The minimum absolute atomic E-state index is 0. The predicted octanol–water partition coefficient (Wildman–Crippen LogP) is -1.39. The van der Waals surface area contributed by atoms with Gasteiger partial charge in [-0.2, -0.15) is 0 Å². The number of unbranched alkanes of at least 4 members (excludes halogenated alkanes) is 1. The Morgan fingerprint density at radius 2 is 1.77 bits per heavy atom. The Bertz CT molecular complexity index is 143. The molecule has 0 spiro atoms. The molecule has 1 radical (unpaired) electrons. The first-order chi connectivity index (χ1) is 5.50. The van der Waals surface area contributed by atoms with Gasteiger partial charge in [0.25, 0.3) is 0 Å². The fraction of sp³-hybridized carbons (Fsp3) is 0.667. The molecule has 13 heavy (non-hydrogen) atoms. The minimum Gasteiger partial charge on any atom is -0.852 e. The summed E-state index contributed by atoms with van der Waals surface area (Å²) in [5.41, 5.74) is 4.29. The van der Waals surface area contributed by atoms with Crippen LogP contribution in [0.4, 0.5) is 0 Å². The Kier molecular flexibility index (Phi) is 20.7. The van der Waals surface area contributed by atoms with Crippen LogP contribution < -0.4 is 21.3 Å². The number of thiocarbonyl (C=S) groups is 2. The largest absolute Gasteiger partial charge is 2.00 e. The van der Waals surface area contributed by atoms with Crippen LogP contribution in [-0.2, 0) is 17.1 Å². The minimum atomic E-state index is -0.750. The van der Waals surface area contributed by atoms with Crippen LogP contribution in [0.5, 0.6) is 0 Å². The van der Waals surface area contributed by atoms with Crippen LogP contribution >= 0.6 is 24.4 Å². The molecule has 4 nitrogen and oxygen atoms in total. The van der Waals surface area contributed by atoms with E-state index in [9.17, 15) is 5.11 Å². The molecule has 0 aliphatic heterocycles. The Morgan fingerprint density at radius 3 is 2.00 bits per heavy atom. The van der Waals surface area contributed by atoms with Gasteiger partial charge in [0.1, 0.15) is 0 Å². The molecule has 0 aromatic carbocycles. The summed E-state index contributed by atoms with van der Waals surface area (Å²) in [6, 6.07) is 0. The van der Waals surface area contributed by atoms with Crippen LogP contribution in [0, 0.1) is 0 Å². The van der Waals surface area contributed by atoms with Crippen molar-refractivity contribution in [3.05, 3.63) is 0 Å². The zero-order chi connectivity index (χ0) is 9.98. The van der Waals surface area contributed by atoms with Crippen molar-refractivity contribution in [2.45, 2.75) is 19.8 Å². The maximum atomic E-state index is 10.0. The summed E-state index contributed by atoms with van der Waals surface area (Å²) in [6.07, 6.45) is 2.11. The summed E-state index contributed by atoms with van der Waals surface area (Å²) in [5, 5.41) is 20.5. The van der Waals surface area contributed by atoms with Gasteiger partial charge in [-0.3, -0.25) is 0 Å². The van der Waals surface area contributed by atoms with E-state index in [2.05, 4.69) is 42.4 Å². The van der Waals surface area contributed by atoms with Crippen LogP contribution in [0.15, 0.2) is 0 Å². The molecular formula is C6H12CuN2O2S2. The maximum Gasteiger partial charge on any atom is 2.00 e. The van der Waals surface area contributed by atoms with E-state index in [1.165, 1.54) is 0 Å². The molecule has 0 amide bonds. The summed E-state index contributed by atoms with van der Waals surface area (Å²) in [6.45, 7) is 2.79. The summed E-state index contributed by atoms with van der Waals surface area (Å²) in [4.78, 5) is 0. The van der Waals surface area contributed by atoms with Crippen LogP contribution in [0.2, 0.25) is 0 Å². The molecule has 3 N–H and O–H groups in total. The average molecular weight is 272 g/mol. The first kappa shape index (κ1) is 18.6. The van der Waals surface area contributed by atoms with E-state index < -0.39 is 5.17 Å². The topological polar surface area (TPSA) is 84.2 Å². The summed E-state index contributed by atoms with van der Waals surface area (Å²) in [5.74, 6) is 0. The standard InChI is InChI=1S/C5H11NOS.CH3NOS.Cu/c1-2-3-4-6-5(7)8;2-1(3)4;/h2-4H2,1H3,(H2,6,7,8);(H3,2,3,4);/q;;+2/p-2. The van der Waals surface area contributed by atoms with Gasteiger partial charge >= 0.3 is 17.1 Å². The Labute approximate surface area is 99.4 Å². The molecule has 0 fully saturated rings. The van der Waals surface area contributed by atoms with Gasteiger partial charge in [0.15, 0.2) is 0 Å². The average Bonchev–Trinajstić information content (AvgIpc) is 1.86. The molecule has 0 unspecified atom stereocenters. The Hall–Kier alpha value is -0.101. The van der Waals surface area contributed by atoms with Gasteiger partial charge in [-0.1, -0.05) is 37.8 Å². The first-order valence-corrected chi connectivity index (χ1v) is 4.23. The first-order valence-electron chi connectivity index (χ1n) is 3.42. The van der Waals surface area contributed by atoms with Crippen LogP contribution in [0.1, 0.15) is 19.8 Å². The van der Waals surface area contributed by atoms with Crippen molar-refractivity contribution in [2.24, 2.45) is 5.73 Å². The zero-order valence-electron chi connectivity index (χ0n) is 7.13. The molecule has 7 heteroatoms. The van der Waals surface area contributed by atoms with E-state index in [4.69, 9.17) is 5.11 Å². The van der Waals surface area contributed by atoms with Crippen molar-refractivity contribution in [1.82, 2.24) is 5.32 Å². The molecule has 0 aromatic heterocycles. The molecule has 0 atom stereocenters. The number of hydrogen-bond donors (Lipinski definition) is 2. The van der Waals surface area contributed by atoms with Crippen molar-refractivity contribution in [1.29, 1.82) is 0 Å². The summed E-state index contributed by atoms with van der Waals surface area (Å²) in [7, 11) is 0. The van der Waals surface area contributed by atoms with Gasteiger partial charge < -0.3 is 21.3 Å². The molecule has 0 saturated carbocycles. The van der Waals surface area contributed by atoms with Crippen molar-refractivity contribution < 1.29 is 27.3 Å². The van der Waals surface area contributed by atoms with Gasteiger partial charge in [-0.25, -0.2) is 0 Å². The SMILES string of the molecule is CCCCNC([O-])=S.NC([O-])=S.[Cu+2]. The zero-order valence-corrected chi connectivity index (χ0v) is 9.71. The molecule has 0 bridgehead atoms. The predicted molar refractivity (Wildman–Crippen MR) is 52.3 cm³/mol. The molecule has 81 valence electrons. The number of rotatable bonds is 3. The number of nitrogens with one attached hydrogen (secondary N) is 1. The second kappa shape index (κ2) is 14.4. The monoisotopic (exact) mass is 271 g/mol. The molecule has 0 rings (SSSR count). The van der Waals surface area contributed by atoms with E-state index in [1.807, 2.05) is 0 Å². The van der Waals surface area contributed by atoms with Crippen molar-refractivity contribution in [3.8, 4) is 0 Å². The van der Waals surface area contributed by atoms with E-state index in [-0.39, 0.29) is 22.2 Å². The van der Waals surface area contributed by atoms with Crippen LogP contribution in [0.3, 0.4) is 0 Å². The van der Waals surface area contributed by atoms with Crippen molar-refractivity contribution in [3.63, 3.8) is 0 Å². The smallest absolute Gasteiger partial charge is 0.852 e. The third-order valence-electron chi connectivity index (χ3n) is 0.800. The second-order valence-corrected chi connectivity index (χ2v) is 2.66. The van der Waals surface area contributed by atoms with Gasteiger partial charge in [0.05, 0.1) is 0 Å². The van der Waals surface area contributed by atoms with Gasteiger partial charge in [0.2, 0.25) is 0 Å². The van der Waals surface area contributed by atoms with Crippen LogP contribution in [-0.4, -0.2) is 16.9 Å². The third-order valence-corrected chi connectivity index (χ3v) is 0.944. The molecule has 0 aliphatic rings. The van der Waals surface area contributed by atoms with Crippen molar-refractivity contribution in [2.75, 3.05) is 6.54 Å². The fourth-order valence-electron chi connectivity index (χ4n) is 0.367. The number of nitrogens with two attached hydrogens (primary N) is 1. The fourth-order valence-corrected chi connectivity index (χ4v) is 0.469. The van der Waals surface area contributed by atoms with Crippen LogP contribution in [0.25, 0.3) is 0 Å². The molecule has 0 aromatic rings.